The minimum atomic E-state index is -0.248. The Kier molecular flexibility index (Phi) is 4.42. The predicted octanol–water partition coefficient (Wildman–Crippen LogP) is 2.74. The maximum absolute atomic E-state index is 12.9. The van der Waals surface area contributed by atoms with Gasteiger partial charge in [0.15, 0.2) is 5.58 Å². The lowest BCUT2D eigenvalue weighted by Crippen LogP contribution is -2.37. The first-order valence-electron chi connectivity index (χ1n) is 9.97. The van der Waals surface area contributed by atoms with E-state index in [9.17, 15) is 9.59 Å². The summed E-state index contributed by atoms with van der Waals surface area (Å²) in [5.74, 6) is -0.0391. The fourth-order valence-corrected chi connectivity index (χ4v) is 4.14. The van der Waals surface area contributed by atoms with Crippen molar-refractivity contribution in [3.63, 3.8) is 0 Å². The van der Waals surface area contributed by atoms with Gasteiger partial charge in [-0.05, 0) is 30.2 Å². The summed E-state index contributed by atoms with van der Waals surface area (Å²) < 4.78 is 5.88. The Balaban J connectivity index is 1.25. The van der Waals surface area contributed by atoms with Gasteiger partial charge in [-0.15, -0.1) is 0 Å². The molecule has 2 aliphatic heterocycles. The van der Waals surface area contributed by atoms with E-state index in [1.54, 1.807) is 6.07 Å². The van der Waals surface area contributed by atoms with E-state index in [2.05, 4.69) is 15.2 Å². The second-order valence-electron chi connectivity index (χ2n) is 7.50. The van der Waals surface area contributed by atoms with Crippen molar-refractivity contribution in [2.75, 3.05) is 31.1 Å². The Labute approximate surface area is 168 Å². The highest BCUT2D eigenvalue weighted by Gasteiger charge is 2.31. The lowest BCUT2D eigenvalue weighted by atomic mass is 10.0. The molecule has 0 spiro atoms. The van der Waals surface area contributed by atoms with Gasteiger partial charge in [-0.3, -0.25) is 9.59 Å². The quantitative estimate of drug-likeness (QED) is 0.744. The Morgan fingerprint density at radius 3 is 2.79 bits per heavy atom. The molecule has 3 aromatic rings. The highest BCUT2D eigenvalue weighted by molar-refractivity contribution is 5.99. The molecule has 0 aliphatic carbocycles. The summed E-state index contributed by atoms with van der Waals surface area (Å²) in [5.41, 5.74) is 3.20. The van der Waals surface area contributed by atoms with Crippen LogP contribution in [0.2, 0.25) is 0 Å². The Morgan fingerprint density at radius 2 is 1.90 bits per heavy atom. The molecule has 0 radical (unpaired) electrons. The van der Waals surface area contributed by atoms with Gasteiger partial charge in [0.05, 0.1) is 12.5 Å². The van der Waals surface area contributed by atoms with Crippen LogP contribution in [-0.4, -0.2) is 47.9 Å². The molecule has 1 saturated heterocycles. The molecule has 3 heterocycles. The van der Waals surface area contributed by atoms with Crippen molar-refractivity contribution in [1.82, 2.24) is 15.2 Å². The third kappa shape index (κ3) is 3.33. The summed E-state index contributed by atoms with van der Waals surface area (Å²) in [6.07, 6.45) is 1.13. The van der Waals surface area contributed by atoms with Gasteiger partial charge < -0.3 is 19.5 Å². The monoisotopic (exact) mass is 390 g/mol. The highest BCUT2D eigenvalue weighted by atomic mass is 16.4. The van der Waals surface area contributed by atoms with Crippen LogP contribution in [0.1, 0.15) is 34.8 Å². The zero-order valence-electron chi connectivity index (χ0n) is 16.0. The molecular formula is C22H22N4O3. The number of carbonyl (C=O) groups is 2. The number of rotatable bonds is 3. The molecule has 1 fully saturated rings. The molecule has 2 amide bonds. The number of hydrogen-bond donors (Lipinski definition) is 1. The maximum atomic E-state index is 12.9. The smallest absolute Gasteiger partial charge is 0.298 e. The van der Waals surface area contributed by atoms with Crippen molar-refractivity contribution >= 4 is 28.9 Å². The van der Waals surface area contributed by atoms with Crippen LogP contribution in [0.4, 0.5) is 6.01 Å². The van der Waals surface area contributed by atoms with E-state index in [1.165, 1.54) is 0 Å². The third-order valence-electron chi connectivity index (χ3n) is 5.67. The van der Waals surface area contributed by atoms with Gasteiger partial charge in [0, 0.05) is 31.7 Å². The summed E-state index contributed by atoms with van der Waals surface area (Å²) in [5, 5.41) is 2.93. The molecule has 1 N–H and O–H groups in total. The van der Waals surface area contributed by atoms with Crippen molar-refractivity contribution < 1.29 is 14.0 Å². The second kappa shape index (κ2) is 7.24. The van der Waals surface area contributed by atoms with Crippen LogP contribution in [0.5, 0.6) is 0 Å². The van der Waals surface area contributed by atoms with Crippen LogP contribution in [0.15, 0.2) is 52.9 Å². The minimum absolute atomic E-state index is 0.0615. The minimum Gasteiger partial charge on any atom is -0.423 e. The van der Waals surface area contributed by atoms with E-state index < -0.39 is 0 Å². The van der Waals surface area contributed by atoms with Gasteiger partial charge in [0.1, 0.15) is 5.52 Å². The Bertz CT molecular complexity index is 1040. The number of aromatic nitrogens is 1. The lowest BCUT2D eigenvalue weighted by Gasteiger charge is -2.23. The van der Waals surface area contributed by atoms with E-state index in [0.717, 1.165) is 29.6 Å². The highest BCUT2D eigenvalue weighted by Crippen LogP contribution is 2.28. The Morgan fingerprint density at radius 1 is 1.07 bits per heavy atom. The van der Waals surface area contributed by atoms with Gasteiger partial charge in [0.25, 0.3) is 11.9 Å². The molecule has 1 unspecified atom stereocenters. The van der Waals surface area contributed by atoms with E-state index in [4.69, 9.17) is 4.42 Å². The molecule has 5 rings (SSSR count). The first-order valence-corrected chi connectivity index (χ1v) is 9.97. The molecule has 0 saturated carbocycles. The first kappa shape index (κ1) is 17.7. The molecule has 7 nitrogen and oxygen atoms in total. The van der Waals surface area contributed by atoms with Crippen LogP contribution < -0.4 is 10.2 Å². The molecule has 7 heteroatoms. The number of para-hydroxylation sites is 2. The summed E-state index contributed by atoms with van der Waals surface area (Å²) in [6.45, 7) is 2.77. The zero-order chi connectivity index (χ0) is 19.8. The van der Waals surface area contributed by atoms with Crippen LogP contribution in [-0.2, 0) is 4.79 Å². The number of hydrogen-bond acceptors (Lipinski definition) is 5. The second-order valence-corrected chi connectivity index (χ2v) is 7.50. The molecule has 148 valence electrons. The average Bonchev–Trinajstić information content (AvgIpc) is 3.20. The summed E-state index contributed by atoms with van der Waals surface area (Å²) in [4.78, 5) is 33.6. The standard InChI is InChI=1S/C22H22N4O3/c27-20(14-18-15-6-1-2-7-16(15)21(28)23-18)25-10-5-11-26(13-12-25)22-24-17-8-3-4-9-19(17)29-22/h1-4,6-9,18H,5,10-14H2,(H,23,28). The largest absolute Gasteiger partial charge is 0.423 e. The number of benzene rings is 2. The van der Waals surface area contributed by atoms with Gasteiger partial charge in [-0.25, -0.2) is 0 Å². The number of anilines is 1. The van der Waals surface area contributed by atoms with Gasteiger partial charge in [0.2, 0.25) is 5.91 Å². The van der Waals surface area contributed by atoms with Crippen LogP contribution in [0.25, 0.3) is 11.1 Å². The third-order valence-corrected chi connectivity index (χ3v) is 5.67. The fraction of sp³-hybridized carbons (Fsp3) is 0.318. The summed E-state index contributed by atoms with van der Waals surface area (Å²) in [7, 11) is 0. The van der Waals surface area contributed by atoms with Gasteiger partial charge in [-0.2, -0.15) is 4.98 Å². The van der Waals surface area contributed by atoms with Crippen LogP contribution in [0, 0.1) is 0 Å². The van der Waals surface area contributed by atoms with Crippen LogP contribution >= 0.6 is 0 Å². The first-order chi connectivity index (χ1) is 14.2. The number of nitrogens with zero attached hydrogens (tertiary/aromatic N) is 3. The van der Waals surface area contributed by atoms with E-state index in [-0.39, 0.29) is 24.3 Å². The summed E-state index contributed by atoms with van der Waals surface area (Å²) in [6, 6.07) is 15.6. The normalized spacial score (nSPS) is 19.2. The van der Waals surface area contributed by atoms with Gasteiger partial charge in [-0.1, -0.05) is 30.3 Å². The average molecular weight is 390 g/mol. The topological polar surface area (TPSA) is 78.7 Å². The number of fused-ring (bicyclic) bond motifs is 2. The van der Waals surface area contributed by atoms with Crippen molar-refractivity contribution in [3.05, 3.63) is 59.7 Å². The van der Waals surface area contributed by atoms with E-state index >= 15 is 0 Å². The lowest BCUT2D eigenvalue weighted by molar-refractivity contribution is -0.131. The SMILES string of the molecule is O=C1NC(CC(=O)N2CCCN(c3nc4ccccc4o3)CC2)c2ccccc21. The van der Waals surface area contributed by atoms with E-state index in [0.29, 0.717) is 31.2 Å². The van der Waals surface area contributed by atoms with Crippen molar-refractivity contribution in [2.24, 2.45) is 0 Å². The van der Waals surface area contributed by atoms with Crippen molar-refractivity contribution in [3.8, 4) is 0 Å². The predicted molar refractivity (Wildman–Crippen MR) is 109 cm³/mol. The van der Waals surface area contributed by atoms with Crippen LogP contribution in [0.3, 0.4) is 0 Å². The number of amides is 2. The van der Waals surface area contributed by atoms with Crippen molar-refractivity contribution in [1.29, 1.82) is 0 Å². The molecule has 2 aromatic carbocycles. The number of carbonyl (C=O) groups excluding carboxylic acids is 2. The fourth-order valence-electron chi connectivity index (χ4n) is 4.14. The van der Waals surface area contributed by atoms with Crippen molar-refractivity contribution in [2.45, 2.75) is 18.9 Å². The number of oxazole rings is 1. The molecule has 1 atom stereocenters. The summed E-state index contributed by atoms with van der Waals surface area (Å²) >= 11 is 0. The van der Waals surface area contributed by atoms with E-state index in [1.807, 2.05) is 47.4 Å². The Hall–Kier alpha value is -3.35. The molecular weight excluding hydrogens is 368 g/mol. The van der Waals surface area contributed by atoms with Gasteiger partial charge >= 0.3 is 0 Å². The molecule has 1 aromatic heterocycles. The molecule has 0 bridgehead atoms. The molecule has 2 aliphatic rings. The maximum Gasteiger partial charge on any atom is 0.298 e. The zero-order valence-corrected chi connectivity index (χ0v) is 16.0. The number of nitrogens with one attached hydrogen (secondary N) is 1. The molecule has 29 heavy (non-hydrogen) atoms.